The SMILES string of the molecule is CC(=O)N1N=C(c2cc(F)ccc2F)SC12CCN(C(=O)OC(C)(C)C)c1ccccc12. The molecule has 0 N–H and O–H groups in total. The fourth-order valence-corrected chi connectivity index (χ4v) is 5.32. The van der Waals surface area contributed by atoms with E-state index in [1.165, 1.54) is 28.6 Å². The number of fused-ring (bicyclic) bond motifs is 2. The van der Waals surface area contributed by atoms with Crippen LogP contribution in [-0.2, 0) is 14.4 Å². The van der Waals surface area contributed by atoms with Gasteiger partial charge in [0.2, 0.25) is 5.91 Å². The van der Waals surface area contributed by atoms with E-state index >= 15 is 0 Å². The number of hydrogen-bond donors (Lipinski definition) is 0. The van der Waals surface area contributed by atoms with E-state index in [2.05, 4.69) is 5.10 Å². The minimum Gasteiger partial charge on any atom is -0.443 e. The van der Waals surface area contributed by atoms with Crippen LogP contribution in [0.5, 0.6) is 0 Å². The Bertz CT molecular complexity index is 1130. The number of anilines is 1. The minimum atomic E-state index is -0.991. The lowest BCUT2D eigenvalue weighted by Crippen LogP contribution is -2.49. The molecule has 4 rings (SSSR count). The first-order valence-electron chi connectivity index (χ1n) is 10.2. The standard InChI is InChI=1S/C23H23F2N3O3S/c1-14(29)28-23(32-20(26-28)16-13-15(24)9-10-18(16)25)11-12-27(21(30)31-22(2,3)4)19-8-6-5-7-17(19)23/h5-10,13H,11-12H2,1-4H3. The molecular formula is C23H23F2N3O3S. The monoisotopic (exact) mass is 459 g/mol. The molecule has 168 valence electrons. The Morgan fingerprint density at radius 1 is 1.16 bits per heavy atom. The van der Waals surface area contributed by atoms with Crippen LogP contribution in [0.25, 0.3) is 0 Å². The maximum absolute atomic E-state index is 14.5. The highest BCUT2D eigenvalue weighted by Gasteiger charge is 2.52. The molecule has 1 atom stereocenters. The van der Waals surface area contributed by atoms with E-state index < -0.39 is 28.2 Å². The molecule has 2 aliphatic rings. The van der Waals surface area contributed by atoms with E-state index in [4.69, 9.17) is 4.74 Å². The van der Waals surface area contributed by atoms with Crippen LogP contribution in [0.4, 0.5) is 19.3 Å². The van der Waals surface area contributed by atoms with Crippen LogP contribution < -0.4 is 4.90 Å². The van der Waals surface area contributed by atoms with Gasteiger partial charge in [-0.25, -0.2) is 18.6 Å². The number of nitrogens with zero attached hydrogens (tertiary/aromatic N) is 3. The molecule has 0 saturated carbocycles. The molecular weight excluding hydrogens is 436 g/mol. The second-order valence-corrected chi connectivity index (χ2v) is 9.91. The summed E-state index contributed by atoms with van der Waals surface area (Å²) in [6.45, 7) is 7.01. The average molecular weight is 460 g/mol. The predicted octanol–water partition coefficient (Wildman–Crippen LogP) is 5.22. The van der Waals surface area contributed by atoms with Crippen LogP contribution in [0, 0.1) is 11.6 Å². The van der Waals surface area contributed by atoms with Crippen molar-refractivity contribution in [2.45, 2.75) is 44.6 Å². The quantitative estimate of drug-likeness (QED) is 0.587. The second-order valence-electron chi connectivity index (χ2n) is 8.65. The summed E-state index contributed by atoms with van der Waals surface area (Å²) in [7, 11) is 0. The lowest BCUT2D eigenvalue weighted by atomic mass is 9.95. The first-order valence-corrected chi connectivity index (χ1v) is 11.0. The molecule has 2 aromatic rings. The highest BCUT2D eigenvalue weighted by molar-refractivity contribution is 8.15. The molecule has 2 aliphatic heterocycles. The zero-order valence-corrected chi connectivity index (χ0v) is 19.0. The maximum atomic E-state index is 14.5. The predicted molar refractivity (Wildman–Crippen MR) is 119 cm³/mol. The summed E-state index contributed by atoms with van der Waals surface area (Å²) in [5.41, 5.74) is 0.584. The van der Waals surface area contributed by atoms with Gasteiger partial charge in [0.05, 0.1) is 5.69 Å². The number of carbonyl (C=O) groups is 2. The van der Waals surface area contributed by atoms with Gasteiger partial charge in [0.25, 0.3) is 0 Å². The highest BCUT2D eigenvalue weighted by atomic mass is 32.2. The minimum absolute atomic E-state index is 0.00909. The van der Waals surface area contributed by atoms with E-state index in [0.717, 1.165) is 18.2 Å². The molecule has 2 heterocycles. The molecule has 6 nitrogen and oxygen atoms in total. The Morgan fingerprint density at radius 2 is 1.88 bits per heavy atom. The van der Waals surface area contributed by atoms with Gasteiger partial charge in [-0.2, -0.15) is 5.10 Å². The smallest absolute Gasteiger partial charge is 0.414 e. The zero-order chi connectivity index (χ0) is 23.3. The van der Waals surface area contributed by atoms with Gasteiger partial charge in [-0.3, -0.25) is 9.69 Å². The normalized spacial score (nSPS) is 20.2. The van der Waals surface area contributed by atoms with Crippen molar-refractivity contribution in [3.63, 3.8) is 0 Å². The van der Waals surface area contributed by atoms with Gasteiger partial charge < -0.3 is 4.74 Å². The lowest BCUT2D eigenvalue weighted by molar-refractivity contribution is -0.132. The number of benzene rings is 2. The molecule has 0 saturated heterocycles. The van der Waals surface area contributed by atoms with Crippen LogP contribution in [0.2, 0.25) is 0 Å². The second kappa shape index (κ2) is 7.88. The van der Waals surface area contributed by atoms with Gasteiger partial charge in [-0.15, -0.1) is 0 Å². The van der Waals surface area contributed by atoms with Crippen LogP contribution in [0.15, 0.2) is 47.6 Å². The summed E-state index contributed by atoms with van der Waals surface area (Å²) in [6.07, 6.45) is -0.160. The van der Waals surface area contributed by atoms with Gasteiger partial charge in [0.1, 0.15) is 27.2 Å². The molecule has 0 fully saturated rings. The Balaban J connectivity index is 1.78. The Labute approximate surface area is 189 Å². The van der Waals surface area contributed by atoms with Crippen molar-refractivity contribution in [2.24, 2.45) is 5.10 Å². The number of hydrazone groups is 1. The summed E-state index contributed by atoms with van der Waals surface area (Å²) in [6, 6.07) is 10.3. The first-order chi connectivity index (χ1) is 15.0. The highest BCUT2D eigenvalue weighted by Crippen LogP contribution is 2.54. The molecule has 1 unspecified atom stereocenters. The molecule has 2 aromatic carbocycles. The molecule has 32 heavy (non-hydrogen) atoms. The van der Waals surface area contributed by atoms with Crippen molar-refractivity contribution in [1.29, 1.82) is 0 Å². The summed E-state index contributed by atoms with van der Waals surface area (Å²) in [5.74, 6) is -1.57. The van der Waals surface area contributed by atoms with Crippen molar-refractivity contribution in [2.75, 3.05) is 11.4 Å². The fourth-order valence-electron chi connectivity index (χ4n) is 3.88. The van der Waals surface area contributed by atoms with E-state index in [0.29, 0.717) is 17.7 Å². The molecule has 0 aromatic heterocycles. The number of amides is 2. The largest absolute Gasteiger partial charge is 0.443 e. The number of hydrogen-bond acceptors (Lipinski definition) is 5. The molecule has 9 heteroatoms. The number of para-hydroxylation sites is 1. The number of carbonyl (C=O) groups excluding carboxylic acids is 2. The third-order valence-electron chi connectivity index (χ3n) is 5.16. The van der Waals surface area contributed by atoms with Crippen molar-refractivity contribution in [1.82, 2.24) is 5.01 Å². The van der Waals surface area contributed by atoms with Crippen molar-refractivity contribution in [3.05, 3.63) is 65.2 Å². The average Bonchev–Trinajstić information content (AvgIpc) is 3.09. The van der Waals surface area contributed by atoms with Crippen molar-refractivity contribution in [3.8, 4) is 0 Å². The molecule has 0 bridgehead atoms. The van der Waals surface area contributed by atoms with E-state index in [9.17, 15) is 18.4 Å². The Kier molecular flexibility index (Phi) is 5.48. The summed E-state index contributed by atoms with van der Waals surface area (Å²) in [5, 5.41) is 5.90. The topological polar surface area (TPSA) is 62.2 Å². The van der Waals surface area contributed by atoms with E-state index in [-0.39, 0.29) is 23.1 Å². The van der Waals surface area contributed by atoms with Gasteiger partial charge in [0, 0.05) is 31.0 Å². The zero-order valence-electron chi connectivity index (χ0n) is 18.2. The molecule has 0 aliphatic carbocycles. The number of halogens is 2. The third kappa shape index (κ3) is 3.85. The van der Waals surface area contributed by atoms with Crippen LogP contribution >= 0.6 is 11.8 Å². The molecule has 1 spiro atoms. The number of thioether (sulfide) groups is 1. The molecule has 0 radical (unpaired) electrons. The lowest BCUT2D eigenvalue weighted by Gasteiger charge is -2.43. The summed E-state index contributed by atoms with van der Waals surface area (Å²) >= 11 is 1.19. The first kappa shape index (κ1) is 22.3. The van der Waals surface area contributed by atoms with E-state index in [1.54, 1.807) is 39.0 Å². The number of rotatable bonds is 1. The van der Waals surface area contributed by atoms with Crippen molar-refractivity contribution >= 4 is 34.5 Å². The Hall–Kier alpha value is -2.94. The van der Waals surface area contributed by atoms with Gasteiger partial charge in [-0.05, 0) is 45.0 Å². The third-order valence-corrected chi connectivity index (χ3v) is 6.59. The van der Waals surface area contributed by atoms with Crippen LogP contribution in [0.3, 0.4) is 0 Å². The number of ether oxygens (including phenoxy) is 1. The fraction of sp³-hybridized carbons (Fsp3) is 0.348. The van der Waals surface area contributed by atoms with Gasteiger partial charge in [-0.1, -0.05) is 30.0 Å². The van der Waals surface area contributed by atoms with Crippen LogP contribution in [0.1, 0.15) is 45.2 Å². The molecule has 2 amide bonds. The summed E-state index contributed by atoms with van der Waals surface area (Å²) < 4.78 is 33.9. The van der Waals surface area contributed by atoms with Crippen molar-refractivity contribution < 1.29 is 23.1 Å². The van der Waals surface area contributed by atoms with Gasteiger partial charge >= 0.3 is 6.09 Å². The Morgan fingerprint density at radius 3 is 2.56 bits per heavy atom. The summed E-state index contributed by atoms with van der Waals surface area (Å²) in [4.78, 5) is 26.0. The van der Waals surface area contributed by atoms with E-state index in [1.807, 2.05) is 6.07 Å². The maximum Gasteiger partial charge on any atom is 0.414 e. The van der Waals surface area contributed by atoms with Gasteiger partial charge in [0.15, 0.2) is 0 Å². The van der Waals surface area contributed by atoms with Crippen LogP contribution in [-0.4, -0.2) is 34.2 Å².